The molecule has 3 heteroatoms. The molecule has 0 atom stereocenters. The first-order valence-electron chi connectivity index (χ1n) is 6.06. The van der Waals surface area contributed by atoms with Crippen molar-refractivity contribution in [2.24, 2.45) is 5.73 Å². The predicted molar refractivity (Wildman–Crippen MR) is 73.6 cm³/mol. The van der Waals surface area contributed by atoms with Crippen LogP contribution >= 0.6 is 0 Å². The highest BCUT2D eigenvalue weighted by molar-refractivity contribution is 5.30. The van der Waals surface area contributed by atoms with Crippen molar-refractivity contribution in [2.45, 2.75) is 26.9 Å². The van der Waals surface area contributed by atoms with Gasteiger partial charge >= 0.3 is 0 Å². The monoisotopic (exact) mass is 242 g/mol. The van der Waals surface area contributed by atoms with Crippen LogP contribution in [0, 0.1) is 13.8 Å². The summed E-state index contributed by atoms with van der Waals surface area (Å²) in [6.45, 7) is 5.04. The van der Waals surface area contributed by atoms with E-state index in [1.807, 2.05) is 6.07 Å². The maximum Gasteiger partial charge on any atom is 0.255 e. The molecule has 2 rings (SSSR count). The molecular weight excluding hydrogens is 224 g/mol. The van der Waals surface area contributed by atoms with Crippen molar-refractivity contribution in [1.29, 1.82) is 0 Å². The number of nitrogens with two attached hydrogens (primary N) is 1. The molecule has 0 aliphatic rings. The van der Waals surface area contributed by atoms with E-state index in [1.165, 1.54) is 11.1 Å². The van der Waals surface area contributed by atoms with Gasteiger partial charge in [-0.05, 0) is 36.6 Å². The Kier molecular flexibility index (Phi) is 3.63. The fourth-order valence-corrected chi connectivity index (χ4v) is 1.96. The number of rotatable bonds is 3. The van der Waals surface area contributed by atoms with Crippen LogP contribution in [0.2, 0.25) is 0 Å². The van der Waals surface area contributed by atoms with Crippen LogP contribution in [-0.4, -0.2) is 4.57 Å². The van der Waals surface area contributed by atoms with Gasteiger partial charge in [-0.1, -0.05) is 24.3 Å². The van der Waals surface area contributed by atoms with Crippen LogP contribution < -0.4 is 11.3 Å². The number of hydrogen-bond donors (Lipinski definition) is 1. The van der Waals surface area contributed by atoms with Crippen molar-refractivity contribution in [3.05, 3.63) is 69.1 Å². The normalized spacial score (nSPS) is 10.6. The van der Waals surface area contributed by atoms with E-state index in [9.17, 15) is 4.79 Å². The number of aromatic nitrogens is 1. The zero-order valence-corrected chi connectivity index (χ0v) is 10.8. The van der Waals surface area contributed by atoms with Crippen LogP contribution in [-0.2, 0) is 13.1 Å². The van der Waals surface area contributed by atoms with Crippen LogP contribution in [0.1, 0.15) is 22.3 Å². The van der Waals surface area contributed by atoms with Gasteiger partial charge in [0, 0.05) is 18.3 Å². The second kappa shape index (κ2) is 5.19. The molecule has 0 aliphatic carbocycles. The molecule has 0 radical (unpaired) electrons. The highest BCUT2D eigenvalue weighted by Gasteiger charge is 2.03. The van der Waals surface area contributed by atoms with Gasteiger partial charge < -0.3 is 10.3 Å². The summed E-state index contributed by atoms with van der Waals surface area (Å²) in [6.07, 6.45) is 1.80. The Morgan fingerprint density at radius 2 is 1.94 bits per heavy atom. The largest absolute Gasteiger partial charge is 0.326 e. The molecular formula is C15H18N2O. The molecule has 0 fully saturated rings. The molecule has 0 amide bonds. The number of pyridine rings is 1. The lowest BCUT2D eigenvalue weighted by Gasteiger charge is -2.09. The van der Waals surface area contributed by atoms with Crippen molar-refractivity contribution < 1.29 is 0 Å². The summed E-state index contributed by atoms with van der Waals surface area (Å²) in [6, 6.07) is 9.91. The highest BCUT2D eigenvalue weighted by atomic mass is 16.1. The molecule has 18 heavy (non-hydrogen) atoms. The number of hydrogen-bond acceptors (Lipinski definition) is 2. The first-order chi connectivity index (χ1) is 8.61. The lowest BCUT2D eigenvalue weighted by atomic mass is 10.1. The fraction of sp³-hybridized carbons (Fsp3) is 0.267. The van der Waals surface area contributed by atoms with Crippen molar-refractivity contribution in [3.8, 4) is 0 Å². The summed E-state index contributed by atoms with van der Waals surface area (Å²) in [5, 5.41) is 0. The van der Waals surface area contributed by atoms with Crippen LogP contribution in [0.3, 0.4) is 0 Å². The number of nitrogens with zero attached hydrogens (tertiary/aromatic N) is 1. The lowest BCUT2D eigenvalue weighted by Crippen LogP contribution is -2.25. The predicted octanol–water partition coefficient (Wildman–Crippen LogP) is 1.97. The molecule has 2 N–H and O–H groups in total. The molecule has 1 aromatic carbocycles. The minimum absolute atomic E-state index is 0.00164. The van der Waals surface area contributed by atoms with Crippen LogP contribution in [0.15, 0.2) is 41.3 Å². The Labute approximate surface area is 107 Å². The Balaban J connectivity index is 2.34. The van der Waals surface area contributed by atoms with Crippen LogP contribution in [0.25, 0.3) is 0 Å². The Hall–Kier alpha value is -1.87. The van der Waals surface area contributed by atoms with E-state index in [0.717, 1.165) is 5.56 Å². The summed E-state index contributed by atoms with van der Waals surface area (Å²) in [7, 11) is 0. The number of benzene rings is 1. The van der Waals surface area contributed by atoms with E-state index in [4.69, 9.17) is 5.73 Å². The number of aryl methyl sites for hydroxylation is 2. The first kappa shape index (κ1) is 12.6. The summed E-state index contributed by atoms with van der Waals surface area (Å²) < 4.78 is 1.70. The van der Waals surface area contributed by atoms with Gasteiger partial charge in [0.25, 0.3) is 5.56 Å². The Bertz CT molecular complexity index is 614. The standard InChI is InChI=1S/C15H18N2O/c1-11-5-6-13(8-12(11)2)10-17-7-3-4-14(9-16)15(17)18/h3-8H,9-10,16H2,1-2H3. The molecule has 1 heterocycles. The average Bonchev–Trinajstić information content (AvgIpc) is 2.36. The summed E-state index contributed by atoms with van der Waals surface area (Å²) in [4.78, 5) is 12.0. The van der Waals surface area contributed by atoms with Gasteiger partial charge in [-0.15, -0.1) is 0 Å². The summed E-state index contributed by atoms with van der Waals surface area (Å²) in [5.74, 6) is 0. The third-order valence-corrected chi connectivity index (χ3v) is 3.24. The molecule has 0 spiro atoms. The minimum Gasteiger partial charge on any atom is -0.326 e. The van der Waals surface area contributed by atoms with E-state index < -0.39 is 0 Å². The average molecular weight is 242 g/mol. The first-order valence-corrected chi connectivity index (χ1v) is 6.06. The smallest absolute Gasteiger partial charge is 0.255 e. The summed E-state index contributed by atoms with van der Waals surface area (Å²) in [5.41, 5.74) is 9.84. The zero-order valence-electron chi connectivity index (χ0n) is 10.8. The third kappa shape index (κ3) is 2.51. The molecule has 94 valence electrons. The topological polar surface area (TPSA) is 48.0 Å². The van der Waals surface area contributed by atoms with E-state index in [-0.39, 0.29) is 12.1 Å². The maximum absolute atomic E-state index is 12.0. The third-order valence-electron chi connectivity index (χ3n) is 3.24. The molecule has 1 aromatic heterocycles. The van der Waals surface area contributed by atoms with Crippen molar-refractivity contribution in [2.75, 3.05) is 0 Å². The zero-order chi connectivity index (χ0) is 13.1. The van der Waals surface area contributed by atoms with Crippen molar-refractivity contribution >= 4 is 0 Å². The van der Waals surface area contributed by atoms with Crippen LogP contribution in [0.5, 0.6) is 0 Å². The molecule has 0 aliphatic heterocycles. The Morgan fingerprint density at radius 3 is 2.61 bits per heavy atom. The minimum atomic E-state index is -0.00164. The van der Waals surface area contributed by atoms with Gasteiger partial charge in [0.05, 0.1) is 6.54 Å². The van der Waals surface area contributed by atoms with E-state index >= 15 is 0 Å². The highest BCUT2D eigenvalue weighted by Crippen LogP contribution is 2.10. The van der Waals surface area contributed by atoms with Crippen molar-refractivity contribution in [3.63, 3.8) is 0 Å². The van der Waals surface area contributed by atoms with E-state index in [0.29, 0.717) is 12.1 Å². The van der Waals surface area contributed by atoms with Gasteiger partial charge in [-0.3, -0.25) is 4.79 Å². The SMILES string of the molecule is Cc1ccc(Cn2cccc(CN)c2=O)cc1C. The maximum atomic E-state index is 12.0. The second-order valence-electron chi connectivity index (χ2n) is 4.59. The molecule has 2 aromatic rings. The van der Waals surface area contributed by atoms with Gasteiger partial charge in [0.2, 0.25) is 0 Å². The van der Waals surface area contributed by atoms with Gasteiger partial charge in [0.15, 0.2) is 0 Å². The Morgan fingerprint density at radius 1 is 1.17 bits per heavy atom. The quantitative estimate of drug-likeness (QED) is 0.894. The summed E-state index contributed by atoms with van der Waals surface area (Å²) >= 11 is 0. The van der Waals surface area contributed by atoms with Crippen molar-refractivity contribution in [1.82, 2.24) is 4.57 Å². The molecule has 0 saturated heterocycles. The molecule has 0 bridgehead atoms. The van der Waals surface area contributed by atoms with Gasteiger partial charge in [-0.25, -0.2) is 0 Å². The molecule has 3 nitrogen and oxygen atoms in total. The fourth-order valence-electron chi connectivity index (χ4n) is 1.96. The van der Waals surface area contributed by atoms with Gasteiger partial charge in [0.1, 0.15) is 0 Å². The molecule has 0 saturated carbocycles. The lowest BCUT2D eigenvalue weighted by molar-refractivity contribution is 0.743. The molecule has 0 unspecified atom stereocenters. The van der Waals surface area contributed by atoms with Crippen LogP contribution in [0.4, 0.5) is 0 Å². The second-order valence-corrected chi connectivity index (χ2v) is 4.59. The van der Waals surface area contributed by atoms with E-state index in [2.05, 4.69) is 32.0 Å². The van der Waals surface area contributed by atoms with E-state index in [1.54, 1.807) is 16.8 Å². The van der Waals surface area contributed by atoms with Gasteiger partial charge in [-0.2, -0.15) is 0 Å².